The molecule has 3 rings (SSSR count). The first kappa shape index (κ1) is 11.6. The molecule has 94 valence electrons. The standard InChI is InChI=1S/C14H15ClN2O/c1-14(2)7-9-4-8-5-12(18-3)10(15)6-11(8)16-13(9)17-14/h4-6H,7H2,1-3H3,(H,16,17). The van der Waals surface area contributed by atoms with Gasteiger partial charge in [0.25, 0.3) is 0 Å². The highest BCUT2D eigenvalue weighted by atomic mass is 35.5. The van der Waals surface area contributed by atoms with Gasteiger partial charge in [0, 0.05) is 10.9 Å². The number of hydrogen-bond donors (Lipinski definition) is 1. The van der Waals surface area contributed by atoms with Crippen molar-refractivity contribution >= 4 is 28.3 Å². The van der Waals surface area contributed by atoms with Crippen LogP contribution < -0.4 is 10.1 Å². The van der Waals surface area contributed by atoms with Crippen molar-refractivity contribution in [3.63, 3.8) is 0 Å². The molecule has 0 aliphatic carbocycles. The Labute approximate surface area is 111 Å². The Morgan fingerprint density at radius 2 is 2.11 bits per heavy atom. The first-order chi connectivity index (χ1) is 8.48. The fourth-order valence-corrected chi connectivity index (χ4v) is 2.69. The maximum absolute atomic E-state index is 6.12. The summed E-state index contributed by atoms with van der Waals surface area (Å²) >= 11 is 6.12. The fraction of sp³-hybridized carbons (Fsp3) is 0.357. The molecule has 1 aromatic carbocycles. The highest BCUT2D eigenvalue weighted by Gasteiger charge is 2.28. The van der Waals surface area contributed by atoms with Crippen LogP contribution in [0, 0.1) is 0 Å². The highest BCUT2D eigenvalue weighted by Crippen LogP contribution is 2.35. The Hall–Kier alpha value is -1.48. The van der Waals surface area contributed by atoms with Crippen molar-refractivity contribution in [2.45, 2.75) is 25.8 Å². The quantitative estimate of drug-likeness (QED) is 0.852. The van der Waals surface area contributed by atoms with E-state index in [1.54, 1.807) is 7.11 Å². The van der Waals surface area contributed by atoms with Crippen LogP contribution in [0.3, 0.4) is 0 Å². The molecule has 3 nitrogen and oxygen atoms in total. The summed E-state index contributed by atoms with van der Waals surface area (Å²) in [5, 5.41) is 5.09. The van der Waals surface area contributed by atoms with Crippen LogP contribution in [0.2, 0.25) is 5.02 Å². The number of halogens is 1. The number of pyridine rings is 1. The molecule has 0 saturated carbocycles. The van der Waals surface area contributed by atoms with Gasteiger partial charge in [-0.05, 0) is 44.0 Å². The van der Waals surface area contributed by atoms with Gasteiger partial charge in [-0.1, -0.05) is 11.6 Å². The van der Waals surface area contributed by atoms with Gasteiger partial charge in [0.15, 0.2) is 0 Å². The number of rotatable bonds is 1. The smallest absolute Gasteiger partial charge is 0.138 e. The first-order valence-electron chi connectivity index (χ1n) is 5.94. The van der Waals surface area contributed by atoms with E-state index in [0.29, 0.717) is 10.8 Å². The van der Waals surface area contributed by atoms with E-state index in [1.807, 2.05) is 12.1 Å². The van der Waals surface area contributed by atoms with E-state index in [0.717, 1.165) is 23.1 Å². The van der Waals surface area contributed by atoms with Crippen LogP contribution in [0.4, 0.5) is 5.82 Å². The van der Waals surface area contributed by atoms with Crippen LogP contribution >= 0.6 is 11.6 Å². The molecular formula is C14H15ClN2O. The third-order valence-electron chi connectivity index (χ3n) is 3.26. The largest absolute Gasteiger partial charge is 0.495 e. The molecule has 0 bridgehead atoms. The third-order valence-corrected chi connectivity index (χ3v) is 3.55. The lowest BCUT2D eigenvalue weighted by Gasteiger charge is -2.17. The van der Waals surface area contributed by atoms with Crippen molar-refractivity contribution < 1.29 is 4.74 Å². The second kappa shape index (κ2) is 3.75. The molecule has 0 radical (unpaired) electrons. The monoisotopic (exact) mass is 262 g/mol. The van der Waals surface area contributed by atoms with Crippen molar-refractivity contribution in [2.24, 2.45) is 0 Å². The Morgan fingerprint density at radius 1 is 1.33 bits per heavy atom. The lowest BCUT2D eigenvalue weighted by molar-refractivity contribution is 0.415. The number of fused-ring (bicyclic) bond motifs is 2. The molecule has 18 heavy (non-hydrogen) atoms. The summed E-state index contributed by atoms with van der Waals surface area (Å²) in [7, 11) is 1.62. The van der Waals surface area contributed by atoms with Gasteiger partial charge in [-0.15, -0.1) is 0 Å². The maximum Gasteiger partial charge on any atom is 0.138 e. The summed E-state index contributed by atoms with van der Waals surface area (Å²) in [6, 6.07) is 5.96. The van der Waals surface area contributed by atoms with E-state index in [4.69, 9.17) is 16.3 Å². The Bertz CT molecular complexity index is 637. The summed E-state index contributed by atoms with van der Waals surface area (Å²) in [5.41, 5.74) is 2.21. The second-order valence-electron chi connectivity index (χ2n) is 5.36. The number of benzene rings is 1. The van der Waals surface area contributed by atoms with Gasteiger partial charge >= 0.3 is 0 Å². The van der Waals surface area contributed by atoms with Crippen molar-refractivity contribution in [1.29, 1.82) is 0 Å². The summed E-state index contributed by atoms with van der Waals surface area (Å²) in [6.07, 6.45) is 0.982. The average Bonchev–Trinajstić information content (AvgIpc) is 2.58. The van der Waals surface area contributed by atoms with Gasteiger partial charge in [0.2, 0.25) is 0 Å². The lowest BCUT2D eigenvalue weighted by Crippen LogP contribution is -2.27. The predicted octanol–water partition coefficient (Wildman–Crippen LogP) is 3.64. The van der Waals surface area contributed by atoms with Crippen molar-refractivity contribution in [3.8, 4) is 5.75 Å². The number of ether oxygens (including phenoxy) is 1. The van der Waals surface area contributed by atoms with Gasteiger partial charge in [-0.3, -0.25) is 0 Å². The van der Waals surface area contributed by atoms with Crippen molar-refractivity contribution in [2.75, 3.05) is 12.4 Å². The van der Waals surface area contributed by atoms with E-state index < -0.39 is 0 Å². The van der Waals surface area contributed by atoms with Crippen molar-refractivity contribution in [3.05, 3.63) is 28.8 Å². The SMILES string of the molecule is COc1cc2cc3c(nc2cc1Cl)NC(C)(C)C3. The van der Waals surface area contributed by atoms with Crippen LogP contribution in [-0.4, -0.2) is 17.6 Å². The summed E-state index contributed by atoms with van der Waals surface area (Å²) in [5.74, 6) is 1.66. The second-order valence-corrected chi connectivity index (χ2v) is 5.77. The minimum absolute atomic E-state index is 0.0700. The molecule has 2 heterocycles. The molecule has 2 aromatic rings. The molecule has 1 aliphatic rings. The molecule has 0 unspecified atom stereocenters. The molecule has 0 atom stereocenters. The van der Waals surface area contributed by atoms with Gasteiger partial charge in [-0.25, -0.2) is 4.98 Å². The molecular weight excluding hydrogens is 248 g/mol. The van der Waals surface area contributed by atoms with Gasteiger partial charge in [0.05, 0.1) is 17.6 Å². The van der Waals surface area contributed by atoms with Gasteiger partial charge in [-0.2, -0.15) is 0 Å². The van der Waals surface area contributed by atoms with Crippen molar-refractivity contribution in [1.82, 2.24) is 4.98 Å². The first-order valence-corrected chi connectivity index (χ1v) is 6.32. The van der Waals surface area contributed by atoms with Crippen LogP contribution in [0.5, 0.6) is 5.75 Å². The minimum atomic E-state index is 0.0700. The number of nitrogens with zero attached hydrogens (tertiary/aromatic N) is 1. The molecule has 0 saturated heterocycles. The zero-order valence-electron chi connectivity index (χ0n) is 10.7. The average molecular weight is 263 g/mol. The van der Waals surface area contributed by atoms with Crippen LogP contribution in [0.1, 0.15) is 19.4 Å². The molecule has 1 N–H and O–H groups in total. The number of aromatic nitrogens is 1. The summed E-state index contributed by atoms with van der Waals surface area (Å²) in [6.45, 7) is 4.35. The van der Waals surface area contributed by atoms with E-state index in [2.05, 4.69) is 30.2 Å². The number of nitrogens with one attached hydrogen (secondary N) is 1. The minimum Gasteiger partial charge on any atom is -0.495 e. The van der Waals surface area contributed by atoms with E-state index >= 15 is 0 Å². The third kappa shape index (κ3) is 1.79. The fourth-order valence-electron chi connectivity index (χ4n) is 2.46. The maximum atomic E-state index is 6.12. The van der Waals surface area contributed by atoms with E-state index in [9.17, 15) is 0 Å². The molecule has 4 heteroatoms. The van der Waals surface area contributed by atoms with E-state index in [1.165, 1.54) is 5.56 Å². The number of anilines is 1. The summed E-state index contributed by atoms with van der Waals surface area (Å²) in [4.78, 5) is 4.64. The van der Waals surface area contributed by atoms with Crippen LogP contribution in [0.25, 0.3) is 10.9 Å². The zero-order valence-corrected chi connectivity index (χ0v) is 11.4. The Balaban J connectivity index is 2.20. The molecule has 0 fully saturated rings. The Kier molecular flexibility index (Phi) is 2.42. The number of hydrogen-bond acceptors (Lipinski definition) is 3. The molecule has 1 aromatic heterocycles. The predicted molar refractivity (Wildman–Crippen MR) is 74.7 cm³/mol. The van der Waals surface area contributed by atoms with E-state index in [-0.39, 0.29) is 5.54 Å². The highest BCUT2D eigenvalue weighted by molar-refractivity contribution is 6.32. The Morgan fingerprint density at radius 3 is 2.83 bits per heavy atom. The zero-order chi connectivity index (χ0) is 12.9. The van der Waals surface area contributed by atoms with Gasteiger partial charge in [0.1, 0.15) is 11.6 Å². The van der Waals surface area contributed by atoms with Crippen LogP contribution in [-0.2, 0) is 6.42 Å². The molecule has 0 spiro atoms. The molecule has 0 amide bonds. The number of methoxy groups -OCH3 is 1. The lowest BCUT2D eigenvalue weighted by atomic mass is 10.0. The molecule has 1 aliphatic heterocycles. The normalized spacial score (nSPS) is 16.4. The topological polar surface area (TPSA) is 34.1 Å². The van der Waals surface area contributed by atoms with Crippen LogP contribution in [0.15, 0.2) is 18.2 Å². The van der Waals surface area contributed by atoms with Gasteiger partial charge < -0.3 is 10.1 Å². The summed E-state index contributed by atoms with van der Waals surface area (Å²) < 4.78 is 5.24.